The highest BCUT2D eigenvalue weighted by atomic mass is 32.2. The SMILES string of the molecule is O=C(O)c1cc(S(=O)(=O)NCC2CC2)ccc1O. The molecule has 0 spiro atoms. The molecule has 1 aliphatic carbocycles. The van der Waals surface area contributed by atoms with Crippen molar-refractivity contribution < 1.29 is 23.4 Å². The lowest BCUT2D eigenvalue weighted by molar-refractivity contribution is 0.0693. The van der Waals surface area contributed by atoms with Gasteiger partial charge in [-0.3, -0.25) is 0 Å². The molecule has 0 aliphatic heterocycles. The second kappa shape index (κ2) is 4.58. The van der Waals surface area contributed by atoms with Crippen molar-refractivity contribution in [3.05, 3.63) is 23.8 Å². The summed E-state index contributed by atoms with van der Waals surface area (Å²) in [7, 11) is -3.71. The Morgan fingerprint density at radius 1 is 1.39 bits per heavy atom. The van der Waals surface area contributed by atoms with Gasteiger partial charge in [0.15, 0.2) is 0 Å². The van der Waals surface area contributed by atoms with Gasteiger partial charge in [-0.1, -0.05) is 0 Å². The van der Waals surface area contributed by atoms with Gasteiger partial charge >= 0.3 is 5.97 Å². The average Bonchev–Trinajstić information content (AvgIpc) is 3.10. The highest BCUT2D eigenvalue weighted by molar-refractivity contribution is 7.89. The molecule has 0 radical (unpaired) electrons. The summed E-state index contributed by atoms with van der Waals surface area (Å²) in [6.45, 7) is 0.367. The minimum Gasteiger partial charge on any atom is -0.507 e. The number of carboxylic acid groups (broad SMARTS) is 1. The van der Waals surface area contributed by atoms with Crippen molar-refractivity contribution in [1.82, 2.24) is 4.72 Å². The first-order valence-electron chi connectivity index (χ1n) is 5.46. The van der Waals surface area contributed by atoms with E-state index < -0.39 is 27.3 Å². The minimum absolute atomic E-state index is 0.154. The molecule has 1 fully saturated rings. The van der Waals surface area contributed by atoms with Crippen LogP contribution in [-0.2, 0) is 10.0 Å². The highest BCUT2D eigenvalue weighted by Crippen LogP contribution is 2.28. The third-order valence-electron chi connectivity index (χ3n) is 2.77. The van der Waals surface area contributed by atoms with Crippen molar-refractivity contribution in [2.75, 3.05) is 6.54 Å². The first-order chi connectivity index (χ1) is 8.40. The molecule has 1 aliphatic rings. The van der Waals surface area contributed by atoms with E-state index in [4.69, 9.17) is 5.11 Å². The van der Waals surface area contributed by atoms with E-state index in [1.165, 1.54) is 6.07 Å². The minimum atomic E-state index is -3.71. The third-order valence-corrected chi connectivity index (χ3v) is 4.19. The topological polar surface area (TPSA) is 104 Å². The maximum Gasteiger partial charge on any atom is 0.339 e. The van der Waals surface area contributed by atoms with Gasteiger partial charge in [-0.05, 0) is 37.0 Å². The van der Waals surface area contributed by atoms with Gasteiger partial charge < -0.3 is 10.2 Å². The number of nitrogens with one attached hydrogen (secondary N) is 1. The standard InChI is InChI=1S/C11H13NO5S/c13-10-4-3-8(5-9(10)11(14)15)18(16,17)12-6-7-1-2-7/h3-5,7,12-13H,1-2,6H2,(H,14,15). The molecule has 6 nitrogen and oxygen atoms in total. The van der Waals surface area contributed by atoms with Crippen LogP contribution < -0.4 is 4.72 Å². The normalized spacial score (nSPS) is 15.6. The summed E-state index contributed by atoms with van der Waals surface area (Å²) in [6, 6.07) is 3.19. The van der Waals surface area contributed by atoms with E-state index in [2.05, 4.69) is 4.72 Å². The number of sulfonamides is 1. The summed E-state index contributed by atoms with van der Waals surface area (Å²) in [6.07, 6.45) is 2.02. The first kappa shape index (κ1) is 12.8. The molecule has 7 heteroatoms. The summed E-state index contributed by atoms with van der Waals surface area (Å²) in [5.74, 6) is -1.44. The summed E-state index contributed by atoms with van der Waals surface area (Å²) in [5.41, 5.74) is -0.427. The average molecular weight is 271 g/mol. The van der Waals surface area contributed by atoms with Gasteiger partial charge in [-0.2, -0.15) is 0 Å². The number of phenols is 1. The molecule has 0 aromatic heterocycles. The predicted octanol–water partition coefficient (Wildman–Crippen LogP) is 0.779. The van der Waals surface area contributed by atoms with Gasteiger partial charge in [0, 0.05) is 6.54 Å². The summed E-state index contributed by atoms with van der Waals surface area (Å²) in [5, 5.41) is 18.1. The Bertz CT molecular complexity index is 577. The van der Waals surface area contributed by atoms with Gasteiger partial charge in [0.2, 0.25) is 10.0 Å². The first-order valence-corrected chi connectivity index (χ1v) is 6.94. The van der Waals surface area contributed by atoms with Crippen LogP contribution in [0.4, 0.5) is 0 Å². The Morgan fingerprint density at radius 3 is 2.61 bits per heavy atom. The van der Waals surface area contributed by atoms with Crippen molar-refractivity contribution in [1.29, 1.82) is 0 Å². The van der Waals surface area contributed by atoms with Crippen LogP contribution >= 0.6 is 0 Å². The van der Waals surface area contributed by atoms with Gasteiger partial charge in [-0.25, -0.2) is 17.9 Å². The quantitative estimate of drug-likeness (QED) is 0.734. The van der Waals surface area contributed by atoms with Gasteiger partial charge in [0.05, 0.1) is 4.90 Å². The Balaban J connectivity index is 2.25. The molecule has 0 unspecified atom stereocenters. The molecule has 0 bridgehead atoms. The van der Waals surface area contributed by atoms with Gasteiger partial charge in [0.25, 0.3) is 0 Å². The number of aromatic carboxylic acids is 1. The zero-order valence-electron chi connectivity index (χ0n) is 9.46. The molecule has 0 amide bonds. The number of aromatic hydroxyl groups is 1. The molecule has 1 saturated carbocycles. The van der Waals surface area contributed by atoms with E-state index in [1.807, 2.05) is 0 Å². The molecule has 1 aromatic carbocycles. The monoisotopic (exact) mass is 271 g/mol. The van der Waals surface area contributed by atoms with Crippen molar-refractivity contribution in [3.63, 3.8) is 0 Å². The Morgan fingerprint density at radius 2 is 2.06 bits per heavy atom. The Hall–Kier alpha value is -1.60. The van der Waals surface area contributed by atoms with Crippen LogP contribution in [0.2, 0.25) is 0 Å². The zero-order chi connectivity index (χ0) is 13.3. The second-order valence-corrected chi connectivity index (χ2v) is 6.05. The van der Waals surface area contributed by atoms with Crippen LogP contribution in [0.25, 0.3) is 0 Å². The fraction of sp³-hybridized carbons (Fsp3) is 0.364. The number of hydrogen-bond donors (Lipinski definition) is 3. The fourth-order valence-corrected chi connectivity index (χ4v) is 2.63. The van der Waals surface area contributed by atoms with E-state index in [0.29, 0.717) is 12.5 Å². The number of benzene rings is 1. The lowest BCUT2D eigenvalue weighted by atomic mass is 10.2. The zero-order valence-corrected chi connectivity index (χ0v) is 10.3. The summed E-state index contributed by atoms with van der Waals surface area (Å²) in [4.78, 5) is 10.6. The predicted molar refractivity (Wildman–Crippen MR) is 63.0 cm³/mol. The van der Waals surface area contributed by atoms with Crippen molar-refractivity contribution in [2.24, 2.45) is 5.92 Å². The molecule has 3 N–H and O–H groups in total. The molecule has 1 aromatic rings. The van der Waals surface area contributed by atoms with Gasteiger partial charge in [0.1, 0.15) is 11.3 Å². The number of carboxylic acids is 1. The third kappa shape index (κ3) is 2.80. The maximum absolute atomic E-state index is 11.9. The lowest BCUT2D eigenvalue weighted by Crippen LogP contribution is -2.26. The maximum atomic E-state index is 11.9. The molecule has 0 saturated heterocycles. The molecule has 18 heavy (non-hydrogen) atoms. The highest BCUT2D eigenvalue weighted by Gasteiger charge is 2.25. The van der Waals surface area contributed by atoms with Crippen LogP contribution in [0.15, 0.2) is 23.1 Å². The second-order valence-electron chi connectivity index (χ2n) is 4.28. The van der Waals surface area contributed by atoms with E-state index >= 15 is 0 Å². The molecule has 0 atom stereocenters. The van der Waals surface area contributed by atoms with Crippen LogP contribution in [0.5, 0.6) is 5.75 Å². The molecular weight excluding hydrogens is 258 g/mol. The van der Waals surface area contributed by atoms with Crippen molar-refractivity contribution >= 4 is 16.0 Å². The lowest BCUT2D eigenvalue weighted by Gasteiger charge is -2.07. The number of rotatable bonds is 5. The van der Waals surface area contributed by atoms with Crippen LogP contribution in [0, 0.1) is 5.92 Å². The van der Waals surface area contributed by atoms with E-state index in [1.54, 1.807) is 0 Å². The Kier molecular flexibility index (Phi) is 3.27. The Labute approximate surface area is 104 Å². The largest absolute Gasteiger partial charge is 0.507 e. The van der Waals surface area contributed by atoms with E-state index in [9.17, 15) is 18.3 Å². The van der Waals surface area contributed by atoms with Crippen molar-refractivity contribution in [2.45, 2.75) is 17.7 Å². The van der Waals surface area contributed by atoms with Gasteiger partial charge in [-0.15, -0.1) is 0 Å². The van der Waals surface area contributed by atoms with E-state index in [-0.39, 0.29) is 4.90 Å². The van der Waals surface area contributed by atoms with Crippen LogP contribution in [0.1, 0.15) is 23.2 Å². The smallest absolute Gasteiger partial charge is 0.339 e. The number of hydrogen-bond acceptors (Lipinski definition) is 4. The van der Waals surface area contributed by atoms with Crippen LogP contribution in [-0.4, -0.2) is 31.1 Å². The van der Waals surface area contributed by atoms with Crippen molar-refractivity contribution in [3.8, 4) is 5.75 Å². The molecule has 2 rings (SSSR count). The van der Waals surface area contributed by atoms with E-state index in [0.717, 1.165) is 25.0 Å². The summed E-state index contributed by atoms with van der Waals surface area (Å²) < 4.78 is 26.2. The molecule has 0 heterocycles. The molecular formula is C11H13NO5S. The van der Waals surface area contributed by atoms with Crippen LogP contribution in [0.3, 0.4) is 0 Å². The summed E-state index contributed by atoms with van der Waals surface area (Å²) >= 11 is 0. The molecule has 98 valence electrons. The number of carbonyl (C=O) groups is 1. The fourth-order valence-electron chi connectivity index (χ4n) is 1.49.